The van der Waals surface area contributed by atoms with E-state index in [9.17, 15) is 35.1 Å². The van der Waals surface area contributed by atoms with Crippen LogP contribution in [0.1, 0.15) is 11.3 Å². The molecule has 0 bridgehead atoms. The summed E-state index contributed by atoms with van der Waals surface area (Å²) < 4.78 is 103. The monoisotopic (exact) mass is 393 g/mol. The van der Waals surface area contributed by atoms with E-state index in [1.807, 2.05) is 0 Å². The summed E-state index contributed by atoms with van der Waals surface area (Å²) in [4.78, 5) is 6.73. The molecule has 2 aromatic heterocycles. The highest BCUT2D eigenvalue weighted by Crippen LogP contribution is 2.35. The first-order valence-corrected chi connectivity index (χ1v) is 7.12. The Balaban J connectivity index is 2.10. The number of fused-ring (bicyclic) bond motifs is 1. The third-order valence-corrected chi connectivity index (χ3v) is 3.49. The van der Waals surface area contributed by atoms with Crippen LogP contribution in [0, 0.1) is 11.6 Å². The van der Waals surface area contributed by atoms with Crippen molar-refractivity contribution in [2.45, 2.75) is 12.4 Å². The minimum Gasteiger partial charge on any atom is -0.340 e. The minimum atomic E-state index is -4.89. The third kappa shape index (κ3) is 3.91. The molecule has 0 amide bonds. The van der Waals surface area contributed by atoms with Crippen LogP contribution in [0.25, 0.3) is 10.9 Å². The Kier molecular flexibility index (Phi) is 4.40. The van der Waals surface area contributed by atoms with Crippen molar-refractivity contribution in [2.75, 3.05) is 5.32 Å². The summed E-state index contributed by atoms with van der Waals surface area (Å²) in [6, 6.07) is 3.21. The average molecular weight is 393 g/mol. The maximum Gasteiger partial charge on any atom is 0.433 e. The van der Waals surface area contributed by atoms with Gasteiger partial charge in [0.15, 0.2) is 11.6 Å². The molecular formula is C16H7F8N3. The number of alkyl halides is 6. The second-order valence-electron chi connectivity index (χ2n) is 5.39. The van der Waals surface area contributed by atoms with Crippen LogP contribution >= 0.6 is 0 Å². The van der Waals surface area contributed by atoms with Crippen molar-refractivity contribution in [3.05, 3.63) is 59.4 Å². The van der Waals surface area contributed by atoms with Crippen molar-refractivity contribution in [1.29, 1.82) is 0 Å². The topological polar surface area (TPSA) is 37.8 Å². The molecule has 0 radical (unpaired) electrons. The van der Waals surface area contributed by atoms with Crippen LogP contribution in [-0.2, 0) is 12.4 Å². The van der Waals surface area contributed by atoms with E-state index in [2.05, 4.69) is 15.3 Å². The molecule has 0 spiro atoms. The molecule has 3 aromatic rings. The van der Waals surface area contributed by atoms with Crippen LogP contribution in [0.4, 0.5) is 46.6 Å². The molecule has 0 saturated carbocycles. The normalized spacial score (nSPS) is 12.4. The third-order valence-electron chi connectivity index (χ3n) is 3.49. The van der Waals surface area contributed by atoms with Gasteiger partial charge in [0.1, 0.15) is 11.5 Å². The van der Waals surface area contributed by atoms with E-state index in [1.54, 1.807) is 0 Å². The predicted octanol–water partition coefficient (Wildman–Crippen LogP) is 5.69. The van der Waals surface area contributed by atoms with Gasteiger partial charge in [-0.25, -0.2) is 18.7 Å². The van der Waals surface area contributed by atoms with Crippen molar-refractivity contribution < 1.29 is 35.1 Å². The number of hydrogen-bond acceptors (Lipinski definition) is 3. The molecule has 0 aliphatic heterocycles. The molecule has 1 aromatic carbocycles. The van der Waals surface area contributed by atoms with Crippen LogP contribution in [0.5, 0.6) is 0 Å². The largest absolute Gasteiger partial charge is 0.433 e. The number of rotatable bonds is 2. The Bertz CT molecular complexity index is 994. The quantitative estimate of drug-likeness (QED) is 0.569. The summed E-state index contributed by atoms with van der Waals surface area (Å²) >= 11 is 0. The molecule has 142 valence electrons. The maximum atomic E-state index is 13.5. The molecule has 0 aliphatic rings. The van der Waals surface area contributed by atoms with Gasteiger partial charge in [0.05, 0.1) is 16.8 Å². The van der Waals surface area contributed by atoms with Gasteiger partial charge in [0, 0.05) is 17.6 Å². The summed E-state index contributed by atoms with van der Waals surface area (Å²) in [6.45, 7) is 0. The second-order valence-corrected chi connectivity index (χ2v) is 5.39. The summed E-state index contributed by atoms with van der Waals surface area (Å²) in [5.74, 6) is -2.95. The van der Waals surface area contributed by atoms with Crippen molar-refractivity contribution >= 4 is 22.4 Å². The Hall–Kier alpha value is -2.98. The SMILES string of the molecule is Fc1cc2nc(C(F)(F)F)cc(Nc3ccc(C(F)(F)F)cn3)c2cc1F. The number of pyridine rings is 2. The van der Waals surface area contributed by atoms with Gasteiger partial charge in [-0.2, -0.15) is 26.3 Å². The summed E-state index contributed by atoms with van der Waals surface area (Å²) in [6.07, 6.45) is -9.04. The second kappa shape index (κ2) is 6.32. The zero-order valence-corrected chi connectivity index (χ0v) is 12.9. The molecule has 0 saturated heterocycles. The maximum absolute atomic E-state index is 13.5. The predicted molar refractivity (Wildman–Crippen MR) is 79.2 cm³/mol. The summed E-state index contributed by atoms with van der Waals surface area (Å²) in [7, 11) is 0. The van der Waals surface area contributed by atoms with E-state index >= 15 is 0 Å². The van der Waals surface area contributed by atoms with Gasteiger partial charge in [-0.1, -0.05) is 0 Å². The van der Waals surface area contributed by atoms with E-state index in [0.29, 0.717) is 30.5 Å². The van der Waals surface area contributed by atoms with Crippen molar-refractivity contribution in [3.63, 3.8) is 0 Å². The number of benzene rings is 1. The van der Waals surface area contributed by atoms with E-state index in [0.717, 1.165) is 6.07 Å². The first-order chi connectivity index (χ1) is 12.4. The molecule has 1 N–H and O–H groups in total. The van der Waals surface area contributed by atoms with E-state index in [1.165, 1.54) is 0 Å². The molecule has 27 heavy (non-hydrogen) atoms. The molecule has 0 fully saturated rings. The summed E-state index contributed by atoms with van der Waals surface area (Å²) in [5.41, 5.74) is -3.29. The molecular weight excluding hydrogens is 386 g/mol. The molecule has 3 nitrogen and oxygen atoms in total. The smallest absolute Gasteiger partial charge is 0.340 e. The fraction of sp³-hybridized carbons (Fsp3) is 0.125. The van der Waals surface area contributed by atoms with Gasteiger partial charge >= 0.3 is 12.4 Å². The van der Waals surface area contributed by atoms with Gasteiger partial charge in [0.2, 0.25) is 0 Å². The number of halogens is 8. The van der Waals surface area contributed by atoms with E-state index < -0.39 is 40.8 Å². The number of anilines is 2. The number of aromatic nitrogens is 2. The highest BCUT2D eigenvalue weighted by Gasteiger charge is 2.34. The minimum absolute atomic E-state index is 0.205. The Morgan fingerprint density at radius 1 is 0.815 bits per heavy atom. The van der Waals surface area contributed by atoms with Crippen molar-refractivity contribution in [1.82, 2.24) is 9.97 Å². The zero-order valence-electron chi connectivity index (χ0n) is 12.9. The molecule has 0 unspecified atom stereocenters. The number of nitrogens with zero attached hydrogens (tertiary/aromatic N) is 2. The van der Waals surface area contributed by atoms with Crippen LogP contribution in [0.2, 0.25) is 0 Å². The van der Waals surface area contributed by atoms with Gasteiger partial charge in [-0.05, 0) is 24.3 Å². The van der Waals surface area contributed by atoms with Crippen molar-refractivity contribution in [3.8, 4) is 0 Å². The number of hydrogen-bond donors (Lipinski definition) is 1. The van der Waals surface area contributed by atoms with E-state index in [-0.39, 0.29) is 16.9 Å². The van der Waals surface area contributed by atoms with Crippen LogP contribution in [0.15, 0.2) is 36.5 Å². The highest BCUT2D eigenvalue weighted by atomic mass is 19.4. The van der Waals surface area contributed by atoms with Crippen LogP contribution in [0.3, 0.4) is 0 Å². The highest BCUT2D eigenvalue weighted by molar-refractivity contribution is 5.93. The van der Waals surface area contributed by atoms with Crippen LogP contribution < -0.4 is 5.32 Å². The lowest BCUT2D eigenvalue weighted by Gasteiger charge is -2.14. The summed E-state index contributed by atoms with van der Waals surface area (Å²) in [5, 5.41) is 2.17. The lowest BCUT2D eigenvalue weighted by atomic mass is 10.1. The van der Waals surface area contributed by atoms with Crippen LogP contribution in [-0.4, -0.2) is 9.97 Å². The standard InChI is InChI=1S/C16H7F8N3/c17-9-3-8-11(4-10(9)18)26-13(16(22,23)24)5-12(8)27-14-2-1-7(6-25-14)15(19,20)21/h1-6H,(H,25,26,27). The fourth-order valence-electron chi connectivity index (χ4n) is 2.24. The lowest BCUT2D eigenvalue weighted by molar-refractivity contribution is -0.141. The first kappa shape index (κ1) is 18.8. The Morgan fingerprint density at radius 3 is 2.04 bits per heavy atom. The van der Waals surface area contributed by atoms with Gasteiger partial charge in [-0.15, -0.1) is 0 Å². The van der Waals surface area contributed by atoms with E-state index in [4.69, 9.17) is 0 Å². The van der Waals surface area contributed by atoms with Gasteiger partial charge < -0.3 is 5.32 Å². The Morgan fingerprint density at radius 2 is 1.48 bits per heavy atom. The molecule has 0 aliphatic carbocycles. The molecule has 2 heterocycles. The lowest BCUT2D eigenvalue weighted by Crippen LogP contribution is -2.10. The Labute approximate surface area is 145 Å². The molecule has 11 heteroatoms. The molecule has 3 rings (SSSR count). The molecule has 0 atom stereocenters. The van der Waals surface area contributed by atoms with Crippen molar-refractivity contribution in [2.24, 2.45) is 0 Å². The van der Waals surface area contributed by atoms with Gasteiger partial charge in [-0.3, -0.25) is 0 Å². The fourth-order valence-corrected chi connectivity index (χ4v) is 2.24. The zero-order chi connectivity index (χ0) is 20.0. The average Bonchev–Trinajstić information content (AvgIpc) is 2.55. The first-order valence-electron chi connectivity index (χ1n) is 7.12. The number of nitrogens with one attached hydrogen (secondary N) is 1. The van der Waals surface area contributed by atoms with Gasteiger partial charge in [0.25, 0.3) is 0 Å².